The standard InChI is InChI=1S/C6H7IN2O/c1-2-9-4-8-5(7)3-6(9)10/h3-4H,2H2,1H3. The van der Waals surface area contributed by atoms with Crippen LogP contribution in [0.2, 0.25) is 0 Å². The second kappa shape index (κ2) is 3.14. The van der Waals surface area contributed by atoms with Crippen LogP contribution in [0.1, 0.15) is 6.92 Å². The fraction of sp³-hybridized carbons (Fsp3) is 0.333. The molecule has 54 valence electrons. The Labute approximate surface area is 72.2 Å². The summed E-state index contributed by atoms with van der Waals surface area (Å²) in [6, 6.07) is 1.52. The molecule has 3 nitrogen and oxygen atoms in total. The molecule has 0 fully saturated rings. The fourth-order valence-corrected chi connectivity index (χ4v) is 1.03. The number of halogens is 1. The van der Waals surface area contributed by atoms with Crippen molar-refractivity contribution >= 4 is 22.6 Å². The van der Waals surface area contributed by atoms with Crippen LogP contribution in [0.5, 0.6) is 0 Å². The zero-order chi connectivity index (χ0) is 7.56. The topological polar surface area (TPSA) is 34.9 Å². The third-order valence-corrected chi connectivity index (χ3v) is 1.78. The van der Waals surface area contributed by atoms with E-state index in [1.54, 1.807) is 10.9 Å². The fourth-order valence-electron chi connectivity index (χ4n) is 0.641. The van der Waals surface area contributed by atoms with E-state index >= 15 is 0 Å². The van der Waals surface area contributed by atoms with Gasteiger partial charge in [0, 0.05) is 12.6 Å². The van der Waals surface area contributed by atoms with E-state index in [0.717, 1.165) is 3.70 Å². The number of hydrogen-bond acceptors (Lipinski definition) is 2. The van der Waals surface area contributed by atoms with Gasteiger partial charge >= 0.3 is 0 Å². The maximum Gasteiger partial charge on any atom is 0.254 e. The smallest absolute Gasteiger partial charge is 0.254 e. The van der Waals surface area contributed by atoms with Crippen LogP contribution >= 0.6 is 22.6 Å². The van der Waals surface area contributed by atoms with Crippen LogP contribution in [-0.4, -0.2) is 9.55 Å². The van der Waals surface area contributed by atoms with Gasteiger partial charge in [-0.05, 0) is 29.5 Å². The van der Waals surface area contributed by atoms with Gasteiger partial charge in [0.15, 0.2) is 0 Å². The van der Waals surface area contributed by atoms with Crippen LogP contribution in [0, 0.1) is 3.70 Å². The van der Waals surface area contributed by atoms with Crippen LogP contribution in [0.25, 0.3) is 0 Å². The molecule has 0 aliphatic heterocycles. The van der Waals surface area contributed by atoms with Gasteiger partial charge in [-0.15, -0.1) is 0 Å². The van der Waals surface area contributed by atoms with Crippen LogP contribution in [-0.2, 0) is 6.54 Å². The maximum atomic E-state index is 11.0. The van der Waals surface area contributed by atoms with Gasteiger partial charge in [-0.3, -0.25) is 9.36 Å². The van der Waals surface area contributed by atoms with Crippen LogP contribution in [0.15, 0.2) is 17.2 Å². The summed E-state index contributed by atoms with van der Waals surface area (Å²) in [5.74, 6) is 0. The van der Waals surface area contributed by atoms with Gasteiger partial charge < -0.3 is 0 Å². The van der Waals surface area contributed by atoms with Crippen molar-refractivity contribution < 1.29 is 0 Å². The zero-order valence-electron chi connectivity index (χ0n) is 5.54. The first-order valence-corrected chi connectivity index (χ1v) is 4.04. The Morgan fingerprint density at radius 2 is 2.50 bits per heavy atom. The second-order valence-corrected chi connectivity index (χ2v) is 2.94. The molecule has 1 heterocycles. The molecule has 0 atom stereocenters. The highest BCUT2D eigenvalue weighted by molar-refractivity contribution is 14.1. The summed E-state index contributed by atoms with van der Waals surface area (Å²) in [5, 5.41) is 0. The molecule has 0 N–H and O–H groups in total. The van der Waals surface area contributed by atoms with Gasteiger partial charge in [0.05, 0.1) is 6.33 Å². The highest BCUT2D eigenvalue weighted by Gasteiger charge is 1.92. The lowest BCUT2D eigenvalue weighted by atomic mass is 10.6. The van der Waals surface area contributed by atoms with Gasteiger partial charge in [-0.2, -0.15) is 0 Å². The Bertz CT molecular complexity index is 281. The maximum absolute atomic E-state index is 11.0. The molecule has 0 spiro atoms. The van der Waals surface area contributed by atoms with Crippen molar-refractivity contribution in [3.63, 3.8) is 0 Å². The molecular weight excluding hydrogens is 243 g/mol. The Kier molecular flexibility index (Phi) is 2.42. The molecular formula is C6H7IN2O. The molecule has 0 radical (unpaired) electrons. The number of nitrogens with zero attached hydrogens (tertiary/aromatic N) is 2. The summed E-state index contributed by atoms with van der Waals surface area (Å²) in [4.78, 5) is 14.9. The van der Waals surface area contributed by atoms with E-state index < -0.39 is 0 Å². The molecule has 4 heteroatoms. The van der Waals surface area contributed by atoms with E-state index in [2.05, 4.69) is 4.98 Å². The molecule has 0 aromatic carbocycles. The molecule has 0 saturated carbocycles. The van der Waals surface area contributed by atoms with Gasteiger partial charge in [-0.25, -0.2) is 4.98 Å². The van der Waals surface area contributed by atoms with E-state index in [0.29, 0.717) is 6.54 Å². The van der Waals surface area contributed by atoms with Crippen molar-refractivity contribution in [3.8, 4) is 0 Å². The summed E-state index contributed by atoms with van der Waals surface area (Å²) in [6.07, 6.45) is 1.56. The number of rotatable bonds is 1. The van der Waals surface area contributed by atoms with Crippen molar-refractivity contribution in [1.29, 1.82) is 0 Å². The average molecular weight is 250 g/mol. The summed E-state index contributed by atoms with van der Waals surface area (Å²) >= 11 is 2.01. The van der Waals surface area contributed by atoms with Crippen LogP contribution < -0.4 is 5.56 Å². The molecule has 1 aromatic rings. The lowest BCUT2D eigenvalue weighted by molar-refractivity contribution is 0.703. The Balaban J connectivity index is 3.20. The predicted molar refractivity (Wildman–Crippen MR) is 46.9 cm³/mol. The normalized spacial score (nSPS) is 9.80. The van der Waals surface area contributed by atoms with Crippen molar-refractivity contribution in [2.24, 2.45) is 0 Å². The molecule has 0 bridgehead atoms. The molecule has 0 saturated heterocycles. The molecule has 1 aromatic heterocycles. The van der Waals surface area contributed by atoms with E-state index in [-0.39, 0.29) is 5.56 Å². The first kappa shape index (κ1) is 7.71. The summed E-state index contributed by atoms with van der Waals surface area (Å²) in [7, 11) is 0. The molecule has 1 rings (SSSR count). The monoisotopic (exact) mass is 250 g/mol. The minimum absolute atomic E-state index is 0.0156. The third kappa shape index (κ3) is 1.56. The first-order chi connectivity index (χ1) is 4.74. The number of hydrogen-bond donors (Lipinski definition) is 0. The van der Waals surface area contributed by atoms with Gasteiger partial charge in [0.1, 0.15) is 3.70 Å². The highest BCUT2D eigenvalue weighted by atomic mass is 127. The lowest BCUT2D eigenvalue weighted by Crippen LogP contribution is -2.18. The summed E-state index contributed by atoms with van der Waals surface area (Å²) in [5.41, 5.74) is 0.0156. The third-order valence-electron chi connectivity index (χ3n) is 1.19. The van der Waals surface area contributed by atoms with Gasteiger partial charge in [0.2, 0.25) is 0 Å². The summed E-state index contributed by atoms with van der Waals surface area (Å²) in [6.45, 7) is 2.60. The zero-order valence-corrected chi connectivity index (χ0v) is 7.70. The molecule has 10 heavy (non-hydrogen) atoms. The number of aryl methyl sites for hydroxylation is 1. The predicted octanol–water partition coefficient (Wildman–Crippen LogP) is 0.868. The van der Waals surface area contributed by atoms with Crippen LogP contribution in [0.4, 0.5) is 0 Å². The van der Waals surface area contributed by atoms with E-state index in [1.807, 2.05) is 29.5 Å². The minimum atomic E-state index is 0.0156. The first-order valence-electron chi connectivity index (χ1n) is 2.96. The Morgan fingerprint density at radius 3 is 3.00 bits per heavy atom. The minimum Gasteiger partial charge on any atom is -0.300 e. The highest BCUT2D eigenvalue weighted by Crippen LogP contribution is 1.92. The van der Waals surface area contributed by atoms with Crippen molar-refractivity contribution in [2.75, 3.05) is 0 Å². The van der Waals surface area contributed by atoms with Crippen molar-refractivity contribution in [2.45, 2.75) is 13.5 Å². The molecule has 0 aliphatic carbocycles. The molecule has 0 unspecified atom stereocenters. The largest absolute Gasteiger partial charge is 0.300 e. The van der Waals surface area contributed by atoms with Gasteiger partial charge in [0.25, 0.3) is 5.56 Å². The quantitative estimate of drug-likeness (QED) is 0.547. The van der Waals surface area contributed by atoms with E-state index in [9.17, 15) is 4.79 Å². The number of aromatic nitrogens is 2. The SMILES string of the molecule is CCn1cnc(I)cc1=O. The Hall–Kier alpha value is -0.390. The second-order valence-electron chi connectivity index (χ2n) is 1.84. The lowest BCUT2D eigenvalue weighted by Gasteiger charge is -1.97. The van der Waals surface area contributed by atoms with Crippen molar-refractivity contribution in [1.82, 2.24) is 9.55 Å². The average Bonchev–Trinajstić information content (AvgIpc) is 1.88. The summed E-state index contributed by atoms with van der Waals surface area (Å²) < 4.78 is 2.30. The van der Waals surface area contributed by atoms with Crippen molar-refractivity contribution in [3.05, 3.63) is 26.4 Å². The van der Waals surface area contributed by atoms with E-state index in [4.69, 9.17) is 0 Å². The van der Waals surface area contributed by atoms with E-state index in [1.165, 1.54) is 6.07 Å². The molecule has 0 aliphatic rings. The Morgan fingerprint density at radius 1 is 1.80 bits per heavy atom. The van der Waals surface area contributed by atoms with Gasteiger partial charge in [-0.1, -0.05) is 0 Å². The molecule has 0 amide bonds. The van der Waals surface area contributed by atoms with Crippen LogP contribution in [0.3, 0.4) is 0 Å².